The Balaban J connectivity index is 1.97. The molecule has 20 heavy (non-hydrogen) atoms. The van der Waals surface area contributed by atoms with Gasteiger partial charge in [0.1, 0.15) is 5.69 Å². The maximum atomic E-state index is 12.4. The molecule has 0 N–H and O–H groups in total. The zero-order valence-corrected chi connectivity index (χ0v) is 11.5. The molecule has 0 spiro atoms. The van der Waals surface area contributed by atoms with Gasteiger partial charge in [0.25, 0.3) is 0 Å². The second-order valence-electron chi connectivity index (χ2n) is 4.88. The Kier molecular flexibility index (Phi) is 3.06. The number of rotatable bonds is 3. The lowest BCUT2D eigenvalue weighted by molar-refractivity contribution is 0.0984. The van der Waals surface area contributed by atoms with Crippen LogP contribution < -0.4 is 0 Å². The van der Waals surface area contributed by atoms with Crippen molar-refractivity contribution in [2.24, 2.45) is 7.05 Å². The molecule has 0 aliphatic carbocycles. The number of aryl methyl sites for hydroxylation is 2. The van der Waals surface area contributed by atoms with Gasteiger partial charge in [-0.15, -0.1) is 0 Å². The number of carbonyl (C=O) groups excluding carboxylic acids is 1. The largest absolute Gasteiger partial charge is 0.292 e. The van der Waals surface area contributed by atoms with Crippen molar-refractivity contribution >= 4 is 16.7 Å². The average molecular weight is 265 g/mol. The SMILES string of the molecule is Cc1cc(C(=O)Cc2ccnc3ccccc23)n(C)n1. The van der Waals surface area contributed by atoms with Gasteiger partial charge in [-0.3, -0.25) is 14.5 Å². The first-order valence-corrected chi connectivity index (χ1v) is 6.51. The van der Waals surface area contributed by atoms with Gasteiger partial charge in [0.2, 0.25) is 0 Å². The Labute approximate surface area is 117 Å². The molecule has 2 heterocycles. The van der Waals surface area contributed by atoms with Crippen molar-refractivity contribution in [1.29, 1.82) is 0 Å². The molecule has 0 amide bonds. The number of fused-ring (bicyclic) bond motifs is 1. The minimum Gasteiger partial charge on any atom is -0.292 e. The predicted molar refractivity (Wildman–Crippen MR) is 77.7 cm³/mol. The smallest absolute Gasteiger partial charge is 0.185 e. The van der Waals surface area contributed by atoms with E-state index in [9.17, 15) is 4.79 Å². The normalized spacial score (nSPS) is 10.9. The summed E-state index contributed by atoms with van der Waals surface area (Å²) in [5.41, 5.74) is 3.41. The van der Waals surface area contributed by atoms with E-state index in [4.69, 9.17) is 0 Å². The van der Waals surface area contributed by atoms with E-state index < -0.39 is 0 Å². The van der Waals surface area contributed by atoms with Crippen LogP contribution >= 0.6 is 0 Å². The van der Waals surface area contributed by atoms with E-state index in [1.165, 1.54) is 0 Å². The molecule has 0 bridgehead atoms. The van der Waals surface area contributed by atoms with E-state index in [1.54, 1.807) is 17.9 Å². The number of hydrogen-bond donors (Lipinski definition) is 0. The summed E-state index contributed by atoms with van der Waals surface area (Å²) >= 11 is 0. The van der Waals surface area contributed by atoms with Gasteiger partial charge in [-0.25, -0.2) is 0 Å². The first-order valence-electron chi connectivity index (χ1n) is 6.51. The topological polar surface area (TPSA) is 47.8 Å². The number of Topliss-reactive ketones (excluding diaryl/α,β-unsaturated/α-hetero) is 1. The van der Waals surface area contributed by atoms with Crippen LogP contribution in [0.2, 0.25) is 0 Å². The number of aromatic nitrogens is 3. The van der Waals surface area contributed by atoms with Crippen molar-refractivity contribution in [3.63, 3.8) is 0 Å². The molecule has 4 nitrogen and oxygen atoms in total. The lowest BCUT2D eigenvalue weighted by Gasteiger charge is -2.05. The van der Waals surface area contributed by atoms with Gasteiger partial charge in [0.15, 0.2) is 5.78 Å². The van der Waals surface area contributed by atoms with Crippen LogP contribution in [0.15, 0.2) is 42.6 Å². The Morgan fingerprint density at radius 3 is 2.80 bits per heavy atom. The number of carbonyl (C=O) groups is 1. The quantitative estimate of drug-likeness (QED) is 0.684. The third-order valence-electron chi connectivity index (χ3n) is 3.38. The Morgan fingerprint density at radius 1 is 1.25 bits per heavy atom. The van der Waals surface area contributed by atoms with Gasteiger partial charge in [0.05, 0.1) is 11.2 Å². The van der Waals surface area contributed by atoms with Crippen LogP contribution in [0.4, 0.5) is 0 Å². The molecule has 0 atom stereocenters. The summed E-state index contributed by atoms with van der Waals surface area (Å²) in [6.45, 7) is 1.89. The minimum absolute atomic E-state index is 0.0736. The van der Waals surface area contributed by atoms with E-state index in [-0.39, 0.29) is 5.78 Å². The van der Waals surface area contributed by atoms with Crippen LogP contribution in [0.1, 0.15) is 21.7 Å². The van der Waals surface area contributed by atoms with Crippen LogP contribution in [0.5, 0.6) is 0 Å². The molecular weight excluding hydrogens is 250 g/mol. The molecule has 0 unspecified atom stereocenters. The third-order valence-corrected chi connectivity index (χ3v) is 3.38. The number of ketones is 1. The highest BCUT2D eigenvalue weighted by molar-refractivity contribution is 5.98. The first kappa shape index (κ1) is 12.5. The van der Waals surface area contributed by atoms with Crippen molar-refractivity contribution in [1.82, 2.24) is 14.8 Å². The monoisotopic (exact) mass is 265 g/mol. The van der Waals surface area contributed by atoms with Gasteiger partial charge < -0.3 is 0 Å². The van der Waals surface area contributed by atoms with E-state index in [2.05, 4.69) is 10.1 Å². The third kappa shape index (κ3) is 2.20. The minimum atomic E-state index is 0.0736. The molecular formula is C16H15N3O. The molecule has 3 aromatic rings. The predicted octanol–water partition coefficient (Wildman–Crippen LogP) is 2.70. The maximum absolute atomic E-state index is 12.4. The summed E-state index contributed by atoms with van der Waals surface area (Å²) in [6.07, 6.45) is 2.11. The van der Waals surface area contributed by atoms with Gasteiger partial charge in [-0.1, -0.05) is 18.2 Å². The van der Waals surface area contributed by atoms with Crippen molar-refractivity contribution in [3.05, 3.63) is 59.5 Å². The van der Waals surface area contributed by atoms with Gasteiger partial charge >= 0.3 is 0 Å². The number of benzene rings is 1. The lowest BCUT2D eigenvalue weighted by atomic mass is 10.0. The molecule has 0 aliphatic rings. The van der Waals surface area contributed by atoms with Crippen molar-refractivity contribution in [2.75, 3.05) is 0 Å². The van der Waals surface area contributed by atoms with Crippen LogP contribution in [0.3, 0.4) is 0 Å². The fourth-order valence-corrected chi connectivity index (χ4v) is 2.44. The fourth-order valence-electron chi connectivity index (χ4n) is 2.44. The summed E-state index contributed by atoms with van der Waals surface area (Å²) in [6, 6.07) is 11.6. The molecule has 2 aromatic heterocycles. The molecule has 0 aliphatic heterocycles. The standard InChI is InChI=1S/C16H15N3O/c1-11-9-15(19(2)18-11)16(20)10-12-7-8-17-14-6-4-3-5-13(12)14/h3-9H,10H2,1-2H3. The van der Waals surface area contributed by atoms with Gasteiger partial charge in [0, 0.05) is 25.1 Å². The van der Waals surface area contributed by atoms with E-state index in [0.717, 1.165) is 22.2 Å². The van der Waals surface area contributed by atoms with E-state index in [0.29, 0.717) is 12.1 Å². The molecule has 100 valence electrons. The molecule has 0 saturated heterocycles. The molecule has 4 heteroatoms. The summed E-state index contributed by atoms with van der Waals surface area (Å²) in [5, 5.41) is 5.25. The van der Waals surface area contributed by atoms with Crippen molar-refractivity contribution < 1.29 is 4.79 Å². The highest BCUT2D eigenvalue weighted by Crippen LogP contribution is 2.18. The summed E-state index contributed by atoms with van der Waals surface area (Å²) in [5.74, 6) is 0.0736. The molecule has 0 fully saturated rings. The fraction of sp³-hybridized carbons (Fsp3) is 0.188. The number of nitrogens with zero attached hydrogens (tertiary/aromatic N) is 3. The second-order valence-corrected chi connectivity index (χ2v) is 4.88. The summed E-state index contributed by atoms with van der Waals surface area (Å²) < 4.78 is 1.64. The summed E-state index contributed by atoms with van der Waals surface area (Å²) in [4.78, 5) is 16.7. The Morgan fingerprint density at radius 2 is 2.05 bits per heavy atom. The molecule has 0 radical (unpaired) electrons. The number of hydrogen-bond acceptors (Lipinski definition) is 3. The molecule has 3 rings (SSSR count). The van der Waals surface area contributed by atoms with Crippen molar-refractivity contribution in [3.8, 4) is 0 Å². The Hall–Kier alpha value is -2.49. The van der Waals surface area contributed by atoms with Crippen LogP contribution in [0, 0.1) is 6.92 Å². The number of para-hydroxylation sites is 1. The first-order chi connectivity index (χ1) is 9.65. The highest BCUT2D eigenvalue weighted by Gasteiger charge is 2.14. The zero-order chi connectivity index (χ0) is 14.1. The van der Waals surface area contributed by atoms with Crippen LogP contribution in [-0.2, 0) is 13.5 Å². The molecule has 0 saturated carbocycles. The van der Waals surface area contributed by atoms with Crippen LogP contribution in [0.25, 0.3) is 10.9 Å². The number of pyridine rings is 1. The Bertz CT molecular complexity index is 784. The lowest BCUT2D eigenvalue weighted by Crippen LogP contribution is -2.10. The molecule has 1 aromatic carbocycles. The maximum Gasteiger partial charge on any atom is 0.185 e. The highest BCUT2D eigenvalue weighted by atomic mass is 16.1. The van der Waals surface area contributed by atoms with Crippen molar-refractivity contribution in [2.45, 2.75) is 13.3 Å². The van der Waals surface area contributed by atoms with Gasteiger partial charge in [-0.2, -0.15) is 5.10 Å². The second kappa shape index (κ2) is 4.89. The average Bonchev–Trinajstić information content (AvgIpc) is 2.78. The van der Waals surface area contributed by atoms with E-state index >= 15 is 0 Å². The summed E-state index contributed by atoms with van der Waals surface area (Å²) in [7, 11) is 1.80. The van der Waals surface area contributed by atoms with Gasteiger partial charge in [-0.05, 0) is 30.7 Å². The zero-order valence-electron chi connectivity index (χ0n) is 11.5. The van der Waals surface area contributed by atoms with Crippen LogP contribution in [-0.4, -0.2) is 20.5 Å². The van der Waals surface area contributed by atoms with E-state index in [1.807, 2.05) is 43.3 Å².